The van der Waals surface area contributed by atoms with Crippen LogP contribution in [0.5, 0.6) is 0 Å². The number of unbranched alkanes of at least 4 members (excludes halogenated alkanes) is 1. The molecule has 0 unspecified atom stereocenters. The van der Waals surface area contributed by atoms with Crippen LogP contribution in [0.2, 0.25) is 0 Å². The van der Waals surface area contributed by atoms with Crippen LogP contribution in [-0.2, 0) is 19.6 Å². The molecule has 0 fully saturated rings. The van der Waals surface area contributed by atoms with E-state index in [2.05, 4.69) is 5.32 Å². The fourth-order valence-corrected chi connectivity index (χ4v) is 2.94. The third-order valence-electron chi connectivity index (χ3n) is 3.19. The summed E-state index contributed by atoms with van der Waals surface area (Å²) in [6, 6.07) is -0.966. The summed E-state index contributed by atoms with van der Waals surface area (Å²) in [7, 11) is -3.69. The number of rotatable bonds is 8. The second-order valence-electron chi connectivity index (χ2n) is 6.65. The van der Waals surface area contributed by atoms with Gasteiger partial charge in [-0.1, -0.05) is 33.6 Å². The second-order valence-corrected chi connectivity index (χ2v) is 8.49. The van der Waals surface area contributed by atoms with Crippen LogP contribution in [0.1, 0.15) is 60.8 Å². The van der Waals surface area contributed by atoms with E-state index in [0.29, 0.717) is 19.3 Å². The van der Waals surface area contributed by atoms with Gasteiger partial charge >= 0.3 is 6.09 Å². The standard InChI is InChI=1S/C15H30N2O5S/c1-7-9-10-23(20,21)17-13(18)12(11(3)8-2)16-14(19)22-15(4,5)6/h11-12H,7-10H2,1-6H3,(H,16,19)(H,17,18)/t11-,12-/m0/s1. The molecule has 0 aliphatic rings. The van der Waals surface area contributed by atoms with E-state index in [1.165, 1.54) is 0 Å². The first-order valence-corrected chi connectivity index (χ1v) is 9.61. The normalized spacial score (nSPS) is 14.7. The predicted molar refractivity (Wildman–Crippen MR) is 89.5 cm³/mol. The maximum Gasteiger partial charge on any atom is 0.408 e. The van der Waals surface area contributed by atoms with Gasteiger partial charge in [-0.05, 0) is 33.1 Å². The van der Waals surface area contributed by atoms with Crippen molar-refractivity contribution in [3.8, 4) is 0 Å². The van der Waals surface area contributed by atoms with Crippen LogP contribution in [0.3, 0.4) is 0 Å². The van der Waals surface area contributed by atoms with E-state index in [9.17, 15) is 18.0 Å². The Morgan fingerprint density at radius 1 is 1.17 bits per heavy atom. The number of alkyl carbamates (subject to hydrolysis) is 1. The molecule has 0 heterocycles. The monoisotopic (exact) mass is 350 g/mol. The quantitative estimate of drug-likeness (QED) is 0.698. The van der Waals surface area contributed by atoms with Gasteiger partial charge in [-0.25, -0.2) is 13.2 Å². The van der Waals surface area contributed by atoms with Crippen molar-refractivity contribution in [1.82, 2.24) is 10.0 Å². The average molecular weight is 350 g/mol. The van der Waals surface area contributed by atoms with Crippen LogP contribution in [0.4, 0.5) is 4.79 Å². The van der Waals surface area contributed by atoms with E-state index in [1.54, 1.807) is 27.7 Å². The lowest BCUT2D eigenvalue weighted by atomic mass is 9.99. The SMILES string of the molecule is CCCCS(=O)(=O)NC(=O)[C@@H](NC(=O)OC(C)(C)C)[C@@H](C)CC. The number of amides is 2. The Labute approximate surface area is 139 Å². The highest BCUT2D eigenvalue weighted by atomic mass is 32.2. The van der Waals surface area contributed by atoms with Crippen LogP contribution in [-0.4, -0.2) is 37.8 Å². The molecule has 0 rings (SSSR count). The van der Waals surface area contributed by atoms with Gasteiger partial charge in [-0.15, -0.1) is 0 Å². The van der Waals surface area contributed by atoms with Crippen molar-refractivity contribution >= 4 is 22.0 Å². The summed E-state index contributed by atoms with van der Waals surface area (Å²) in [6.45, 7) is 10.6. The van der Waals surface area contributed by atoms with Gasteiger partial charge in [0.1, 0.15) is 11.6 Å². The van der Waals surface area contributed by atoms with E-state index in [1.807, 2.05) is 18.6 Å². The number of carbonyl (C=O) groups excluding carboxylic acids is 2. The van der Waals surface area contributed by atoms with Gasteiger partial charge in [0, 0.05) is 0 Å². The number of ether oxygens (including phenoxy) is 1. The number of carbonyl (C=O) groups is 2. The molecule has 136 valence electrons. The maximum atomic E-state index is 12.3. The Kier molecular flexibility index (Phi) is 8.58. The smallest absolute Gasteiger partial charge is 0.408 e. The number of nitrogens with one attached hydrogen (secondary N) is 2. The molecule has 0 aliphatic carbocycles. The van der Waals surface area contributed by atoms with Crippen LogP contribution in [0.15, 0.2) is 0 Å². The molecule has 2 atom stereocenters. The molecule has 2 N–H and O–H groups in total. The molecule has 0 bridgehead atoms. The summed E-state index contributed by atoms with van der Waals surface area (Å²) in [5.41, 5.74) is -0.701. The largest absolute Gasteiger partial charge is 0.444 e. The zero-order chi connectivity index (χ0) is 18.3. The Morgan fingerprint density at radius 2 is 1.74 bits per heavy atom. The first kappa shape index (κ1) is 21.7. The first-order chi connectivity index (χ1) is 10.4. The highest BCUT2D eigenvalue weighted by Crippen LogP contribution is 2.11. The molecule has 0 saturated heterocycles. The Morgan fingerprint density at radius 3 is 2.17 bits per heavy atom. The lowest BCUT2D eigenvalue weighted by Crippen LogP contribution is -2.52. The number of hydrogen-bond acceptors (Lipinski definition) is 5. The highest BCUT2D eigenvalue weighted by molar-refractivity contribution is 7.90. The van der Waals surface area contributed by atoms with Gasteiger partial charge in [0.25, 0.3) is 5.91 Å². The molecule has 0 radical (unpaired) electrons. The molecule has 23 heavy (non-hydrogen) atoms. The zero-order valence-electron chi connectivity index (χ0n) is 14.9. The van der Waals surface area contributed by atoms with Crippen molar-refractivity contribution in [1.29, 1.82) is 0 Å². The maximum absolute atomic E-state index is 12.3. The van der Waals surface area contributed by atoms with Crippen LogP contribution < -0.4 is 10.0 Å². The van der Waals surface area contributed by atoms with Gasteiger partial charge in [-0.2, -0.15) is 0 Å². The van der Waals surface area contributed by atoms with Gasteiger partial charge in [0.15, 0.2) is 0 Å². The van der Waals surface area contributed by atoms with Crippen molar-refractivity contribution in [2.45, 2.75) is 72.4 Å². The Bertz CT molecular complexity index is 496. The summed E-state index contributed by atoms with van der Waals surface area (Å²) >= 11 is 0. The summed E-state index contributed by atoms with van der Waals surface area (Å²) in [4.78, 5) is 24.1. The molecule has 8 heteroatoms. The molecule has 0 aromatic carbocycles. The van der Waals surface area contributed by atoms with E-state index < -0.39 is 33.7 Å². The predicted octanol–water partition coefficient (Wildman–Crippen LogP) is 2.17. The van der Waals surface area contributed by atoms with Crippen molar-refractivity contribution in [3.05, 3.63) is 0 Å². The third kappa shape index (κ3) is 9.43. The summed E-state index contributed by atoms with van der Waals surface area (Å²) in [5, 5.41) is 2.47. The Hall–Kier alpha value is -1.31. The number of hydrogen-bond donors (Lipinski definition) is 2. The third-order valence-corrected chi connectivity index (χ3v) is 4.53. The van der Waals surface area contributed by atoms with Gasteiger partial charge < -0.3 is 10.1 Å². The molecule has 0 aliphatic heterocycles. The van der Waals surface area contributed by atoms with Crippen molar-refractivity contribution in [2.24, 2.45) is 5.92 Å². The molecule has 0 aromatic rings. The van der Waals surface area contributed by atoms with E-state index >= 15 is 0 Å². The highest BCUT2D eigenvalue weighted by Gasteiger charge is 2.30. The minimum absolute atomic E-state index is 0.116. The Balaban J connectivity index is 4.97. The summed E-state index contributed by atoms with van der Waals surface area (Å²) < 4.78 is 30.9. The van der Waals surface area contributed by atoms with E-state index in [0.717, 1.165) is 0 Å². The van der Waals surface area contributed by atoms with E-state index in [-0.39, 0.29) is 11.7 Å². The minimum Gasteiger partial charge on any atom is -0.444 e. The zero-order valence-corrected chi connectivity index (χ0v) is 15.7. The first-order valence-electron chi connectivity index (χ1n) is 7.95. The fraction of sp³-hybridized carbons (Fsp3) is 0.867. The molecule has 0 aromatic heterocycles. The molecule has 0 saturated carbocycles. The molecule has 2 amide bonds. The van der Waals surface area contributed by atoms with Gasteiger partial charge in [0.2, 0.25) is 10.0 Å². The van der Waals surface area contributed by atoms with Crippen molar-refractivity contribution < 1.29 is 22.7 Å². The topological polar surface area (TPSA) is 102 Å². The van der Waals surface area contributed by atoms with Crippen molar-refractivity contribution in [2.75, 3.05) is 5.75 Å². The van der Waals surface area contributed by atoms with Crippen molar-refractivity contribution in [3.63, 3.8) is 0 Å². The lowest BCUT2D eigenvalue weighted by molar-refractivity contribution is -0.122. The molecular formula is C15H30N2O5S. The molecule has 0 spiro atoms. The van der Waals surface area contributed by atoms with Gasteiger partial charge in [-0.3, -0.25) is 9.52 Å². The van der Waals surface area contributed by atoms with E-state index in [4.69, 9.17) is 4.74 Å². The van der Waals surface area contributed by atoms with Crippen LogP contribution in [0, 0.1) is 5.92 Å². The fourth-order valence-electron chi connectivity index (χ4n) is 1.74. The average Bonchev–Trinajstić information content (AvgIpc) is 2.39. The minimum atomic E-state index is -3.69. The van der Waals surface area contributed by atoms with Gasteiger partial charge in [0.05, 0.1) is 5.75 Å². The summed E-state index contributed by atoms with van der Waals surface area (Å²) in [6.07, 6.45) is 1.03. The summed E-state index contributed by atoms with van der Waals surface area (Å²) in [5.74, 6) is -1.08. The molecule has 7 nitrogen and oxygen atoms in total. The lowest BCUT2D eigenvalue weighted by Gasteiger charge is -2.26. The molecular weight excluding hydrogens is 320 g/mol. The number of sulfonamides is 1. The van der Waals surface area contributed by atoms with Crippen LogP contribution >= 0.6 is 0 Å². The van der Waals surface area contributed by atoms with Crippen LogP contribution in [0.25, 0.3) is 0 Å². The second kappa shape index (κ2) is 9.10.